The fourth-order valence-corrected chi connectivity index (χ4v) is 3.08. The number of nitrogens with zero attached hydrogens (tertiary/aromatic N) is 3. The van der Waals surface area contributed by atoms with Gasteiger partial charge in [-0.1, -0.05) is 31.2 Å². The highest BCUT2D eigenvalue weighted by molar-refractivity contribution is 5.69. The van der Waals surface area contributed by atoms with Crippen LogP contribution in [0.5, 0.6) is 0 Å². The van der Waals surface area contributed by atoms with Gasteiger partial charge < -0.3 is 15.4 Å². The topological polar surface area (TPSA) is 99.9 Å². The van der Waals surface area contributed by atoms with Crippen molar-refractivity contribution in [3.63, 3.8) is 0 Å². The second-order valence-corrected chi connectivity index (χ2v) is 8.73. The first-order valence-electron chi connectivity index (χ1n) is 10.6. The zero-order chi connectivity index (χ0) is 24.9. The number of anilines is 2. The van der Waals surface area contributed by atoms with Crippen LogP contribution in [-0.2, 0) is 4.74 Å². The Kier molecular flexibility index (Phi) is 7.41. The molecule has 3 rings (SSSR count). The van der Waals surface area contributed by atoms with E-state index in [0.29, 0.717) is 17.8 Å². The van der Waals surface area contributed by atoms with E-state index in [-0.39, 0.29) is 23.1 Å². The SMILES string of the molecule is CC(CNC(=O)OC(C)(C)C)c1ccc(-c2nc(Nc3ccc(F)c(F)c3)ncc2C#N)cc1. The Labute approximate surface area is 196 Å². The van der Waals surface area contributed by atoms with E-state index in [0.717, 1.165) is 17.7 Å². The van der Waals surface area contributed by atoms with Gasteiger partial charge in [-0.3, -0.25) is 0 Å². The van der Waals surface area contributed by atoms with Crippen molar-refractivity contribution in [3.8, 4) is 17.3 Å². The second kappa shape index (κ2) is 10.3. The number of hydrogen-bond donors (Lipinski definition) is 2. The van der Waals surface area contributed by atoms with Crippen molar-refractivity contribution in [2.24, 2.45) is 0 Å². The maximum atomic E-state index is 13.5. The van der Waals surface area contributed by atoms with Gasteiger partial charge in [0.2, 0.25) is 5.95 Å². The van der Waals surface area contributed by atoms with Gasteiger partial charge in [0.05, 0.1) is 17.5 Å². The van der Waals surface area contributed by atoms with Crippen LogP contribution in [0.2, 0.25) is 0 Å². The van der Waals surface area contributed by atoms with Crippen molar-refractivity contribution in [1.82, 2.24) is 15.3 Å². The zero-order valence-corrected chi connectivity index (χ0v) is 19.3. The molecule has 2 aromatic carbocycles. The lowest BCUT2D eigenvalue weighted by Crippen LogP contribution is -2.34. The van der Waals surface area contributed by atoms with E-state index in [9.17, 15) is 18.8 Å². The number of ether oxygens (including phenoxy) is 1. The predicted octanol–water partition coefficient (Wildman–Crippen LogP) is 5.67. The lowest BCUT2D eigenvalue weighted by atomic mass is 9.98. The molecule has 0 aliphatic rings. The molecule has 0 aliphatic carbocycles. The fourth-order valence-electron chi connectivity index (χ4n) is 3.08. The van der Waals surface area contributed by atoms with Crippen LogP contribution >= 0.6 is 0 Å². The van der Waals surface area contributed by atoms with E-state index < -0.39 is 23.3 Å². The van der Waals surface area contributed by atoms with Gasteiger partial charge in [-0.05, 0) is 44.4 Å². The molecule has 34 heavy (non-hydrogen) atoms. The Morgan fingerprint density at radius 1 is 1.15 bits per heavy atom. The maximum absolute atomic E-state index is 13.5. The summed E-state index contributed by atoms with van der Waals surface area (Å²) in [6.07, 6.45) is 0.892. The summed E-state index contributed by atoms with van der Waals surface area (Å²) in [5.74, 6) is -1.79. The number of carbonyl (C=O) groups is 1. The molecule has 1 atom stereocenters. The van der Waals surface area contributed by atoms with Crippen molar-refractivity contribution in [1.29, 1.82) is 5.26 Å². The molecule has 0 saturated carbocycles. The van der Waals surface area contributed by atoms with Crippen molar-refractivity contribution < 1.29 is 18.3 Å². The zero-order valence-electron chi connectivity index (χ0n) is 19.3. The van der Waals surface area contributed by atoms with Crippen LogP contribution in [0.3, 0.4) is 0 Å². The monoisotopic (exact) mass is 465 g/mol. The van der Waals surface area contributed by atoms with Gasteiger partial charge in [-0.15, -0.1) is 0 Å². The number of nitriles is 1. The number of nitrogens with one attached hydrogen (secondary N) is 2. The average Bonchev–Trinajstić information content (AvgIpc) is 2.79. The molecule has 0 saturated heterocycles. The van der Waals surface area contributed by atoms with Gasteiger partial charge in [0.25, 0.3) is 0 Å². The van der Waals surface area contributed by atoms with Crippen molar-refractivity contribution in [2.75, 3.05) is 11.9 Å². The van der Waals surface area contributed by atoms with Crippen molar-refractivity contribution in [3.05, 3.63) is 71.4 Å². The first-order valence-corrected chi connectivity index (χ1v) is 10.6. The lowest BCUT2D eigenvalue weighted by molar-refractivity contribution is 0.0525. The van der Waals surface area contributed by atoms with Gasteiger partial charge in [0.1, 0.15) is 11.7 Å². The van der Waals surface area contributed by atoms with Crippen LogP contribution in [0, 0.1) is 23.0 Å². The second-order valence-electron chi connectivity index (χ2n) is 8.73. The molecular formula is C25H25F2N5O2. The smallest absolute Gasteiger partial charge is 0.407 e. The highest BCUT2D eigenvalue weighted by atomic mass is 19.2. The minimum Gasteiger partial charge on any atom is -0.444 e. The first kappa shape index (κ1) is 24.6. The van der Waals surface area contributed by atoms with Gasteiger partial charge in [0.15, 0.2) is 11.6 Å². The number of carbonyl (C=O) groups excluding carboxylic acids is 1. The molecule has 0 aliphatic heterocycles. The molecule has 3 aromatic rings. The Morgan fingerprint density at radius 3 is 2.47 bits per heavy atom. The highest BCUT2D eigenvalue weighted by Gasteiger charge is 2.17. The van der Waals surface area contributed by atoms with Crippen LogP contribution in [0.4, 0.5) is 25.2 Å². The summed E-state index contributed by atoms with van der Waals surface area (Å²) in [5.41, 5.74) is 2.03. The Hall–Kier alpha value is -4.06. The van der Waals surface area contributed by atoms with Crippen molar-refractivity contribution in [2.45, 2.75) is 39.2 Å². The number of aromatic nitrogens is 2. The summed E-state index contributed by atoms with van der Waals surface area (Å²) in [6, 6.07) is 12.9. The van der Waals surface area contributed by atoms with Crippen LogP contribution in [0.25, 0.3) is 11.3 Å². The largest absolute Gasteiger partial charge is 0.444 e. The molecule has 1 amide bonds. The first-order chi connectivity index (χ1) is 16.1. The molecule has 0 bridgehead atoms. The van der Waals surface area contributed by atoms with Gasteiger partial charge in [0, 0.05) is 23.9 Å². The molecule has 0 fully saturated rings. The standard InChI is InChI=1S/C25H25F2N5O2/c1-15(13-30-24(33)34-25(2,3)4)16-5-7-17(8-6-16)22-18(12-28)14-29-23(32-22)31-19-9-10-20(26)21(27)11-19/h5-11,14-15H,13H2,1-4H3,(H,30,33)(H,29,31,32). The van der Waals surface area contributed by atoms with Gasteiger partial charge >= 0.3 is 6.09 Å². The van der Waals surface area contributed by atoms with Gasteiger partial charge in [-0.2, -0.15) is 5.26 Å². The summed E-state index contributed by atoms with van der Waals surface area (Å²) in [6.45, 7) is 7.78. The number of benzene rings is 2. The van der Waals surface area contributed by atoms with Crippen LogP contribution in [0.15, 0.2) is 48.7 Å². The summed E-state index contributed by atoms with van der Waals surface area (Å²) in [7, 11) is 0. The van der Waals surface area contributed by atoms with E-state index >= 15 is 0 Å². The van der Waals surface area contributed by atoms with Crippen LogP contribution in [-0.4, -0.2) is 28.2 Å². The molecule has 2 N–H and O–H groups in total. The number of rotatable bonds is 6. The van der Waals surface area contributed by atoms with E-state index in [1.54, 1.807) is 20.8 Å². The van der Waals surface area contributed by atoms with E-state index in [1.807, 2.05) is 31.2 Å². The third-order valence-corrected chi connectivity index (χ3v) is 4.79. The predicted molar refractivity (Wildman–Crippen MR) is 124 cm³/mol. The van der Waals surface area contributed by atoms with Crippen LogP contribution in [0.1, 0.15) is 44.7 Å². The summed E-state index contributed by atoms with van der Waals surface area (Å²) in [5, 5.41) is 15.1. The number of hydrogen-bond acceptors (Lipinski definition) is 6. The molecule has 0 spiro atoms. The van der Waals surface area contributed by atoms with E-state index in [1.165, 1.54) is 12.3 Å². The maximum Gasteiger partial charge on any atom is 0.407 e. The van der Waals surface area contributed by atoms with Crippen molar-refractivity contribution >= 4 is 17.7 Å². The third kappa shape index (κ3) is 6.48. The quantitative estimate of drug-likeness (QED) is 0.487. The molecule has 7 nitrogen and oxygen atoms in total. The summed E-state index contributed by atoms with van der Waals surface area (Å²) >= 11 is 0. The number of alkyl carbamates (subject to hydrolysis) is 1. The Bertz CT molecular complexity index is 1220. The minimum atomic E-state index is -0.996. The Morgan fingerprint density at radius 2 is 1.85 bits per heavy atom. The summed E-state index contributed by atoms with van der Waals surface area (Å²) in [4.78, 5) is 20.4. The molecular weight excluding hydrogens is 440 g/mol. The fraction of sp³-hybridized carbons (Fsp3) is 0.280. The molecule has 0 radical (unpaired) electrons. The molecule has 1 unspecified atom stereocenters. The van der Waals surface area contributed by atoms with Crippen LogP contribution < -0.4 is 10.6 Å². The normalized spacial score (nSPS) is 11.9. The average molecular weight is 466 g/mol. The minimum absolute atomic E-state index is 0.0213. The molecule has 1 heterocycles. The summed E-state index contributed by atoms with van der Waals surface area (Å²) < 4.78 is 31.9. The highest BCUT2D eigenvalue weighted by Crippen LogP contribution is 2.26. The Balaban J connectivity index is 1.75. The molecule has 9 heteroatoms. The molecule has 176 valence electrons. The molecule has 1 aromatic heterocycles. The van der Waals surface area contributed by atoms with E-state index in [2.05, 4.69) is 26.7 Å². The van der Waals surface area contributed by atoms with E-state index in [4.69, 9.17) is 4.74 Å². The number of halogens is 2. The van der Waals surface area contributed by atoms with Gasteiger partial charge in [-0.25, -0.2) is 23.5 Å². The third-order valence-electron chi connectivity index (χ3n) is 4.79. The number of amides is 1. The lowest BCUT2D eigenvalue weighted by Gasteiger charge is -2.21.